The minimum atomic E-state index is -0.342. The van der Waals surface area contributed by atoms with Gasteiger partial charge in [0.15, 0.2) is 5.58 Å². The summed E-state index contributed by atoms with van der Waals surface area (Å²) in [7, 11) is 0. The lowest BCUT2D eigenvalue weighted by Gasteiger charge is -2.18. The van der Waals surface area contributed by atoms with Crippen molar-refractivity contribution in [2.75, 3.05) is 12.3 Å². The SMILES string of the molecule is CCC(C)S.NCC1CCCCC1.Nc1nc2cc(F)ccc2o1. The zero-order valence-corrected chi connectivity index (χ0v) is 15.6. The summed E-state index contributed by atoms with van der Waals surface area (Å²) >= 11 is 4.10. The van der Waals surface area contributed by atoms with Crippen molar-refractivity contribution < 1.29 is 8.81 Å². The Morgan fingerprint density at radius 3 is 2.46 bits per heavy atom. The van der Waals surface area contributed by atoms with Crippen molar-refractivity contribution in [3.8, 4) is 0 Å². The van der Waals surface area contributed by atoms with Gasteiger partial charge in [0, 0.05) is 6.07 Å². The quantitative estimate of drug-likeness (QED) is 0.677. The summed E-state index contributed by atoms with van der Waals surface area (Å²) < 4.78 is 17.4. The lowest BCUT2D eigenvalue weighted by molar-refractivity contribution is 0.366. The molecule has 1 fully saturated rings. The molecule has 0 saturated heterocycles. The zero-order valence-electron chi connectivity index (χ0n) is 14.7. The summed E-state index contributed by atoms with van der Waals surface area (Å²) in [4.78, 5) is 3.75. The van der Waals surface area contributed by atoms with Gasteiger partial charge in [-0.3, -0.25) is 0 Å². The Balaban J connectivity index is 0.000000196. The Bertz CT molecular complexity index is 583. The van der Waals surface area contributed by atoms with Crippen molar-refractivity contribution in [2.24, 2.45) is 11.7 Å². The third kappa shape index (κ3) is 8.02. The molecule has 1 aliphatic rings. The second-order valence-corrected chi connectivity index (χ2v) is 7.04. The highest BCUT2D eigenvalue weighted by atomic mass is 32.1. The monoisotopic (exact) mass is 355 g/mol. The Morgan fingerprint density at radius 1 is 1.33 bits per heavy atom. The normalized spacial score (nSPS) is 15.9. The van der Waals surface area contributed by atoms with Gasteiger partial charge in [-0.15, -0.1) is 0 Å². The molecule has 0 radical (unpaired) electrons. The first-order valence-electron chi connectivity index (χ1n) is 8.66. The highest BCUT2D eigenvalue weighted by molar-refractivity contribution is 7.80. The van der Waals surface area contributed by atoms with Crippen LogP contribution in [0.15, 0.2) is 22.6 Å². The molecule has 1 heterocycles. The van der Waals surface area contributed by atoms with Crippen molar-refractivity contribution in [3.63, 3.8) is 0 Å². The summed E-state index contributed by atoms with van der Waals surface area (Å²) in [6.45, 7) is 5.13. The summed E-state index contributed by atoms with van der Waals surface area (Å²) in [5, 5.41) is 0.579. The van der Waals surface area contributed by atoms with E-state index in [4.69, 9.17) is 15.9 Å². The van der Waals surface area contributed by atoms with Crippen LogP contribution in [0.1, 0.15) is 52.4 Å². The molecule has 1 aromatic heterocycles. The van der Waals surface area contributed by atoms with Crippen molar-refractivity contribution in [3.05, 3.63) is 24.0 Å². The van der Waals surface area contributed by atoms with Crippen molar-refractivity contribution in [1.82, 2.24) is 4.98 Å². The second kappa shape index (κ2) is 11.3. The fourth-order valence-electron chi connectivity index (χ4n) is 2.34. The highest BCUT2D eigenvalue weighted by Gasteiger charge is 2.10. The number of fused-ring (bicyclic) bond motifs is 1. The van der Waals surface area contributed by atoms with Crippen LogP contribution in [0.3, 0.4) is 0 Å². The molecular weight excluding hydrogens is 325 g/mol. The third-order valence-electron chi connectivity index (χ3n) is 4.02. The van der Waals surface area contributed by atoms with Crippen LogP contribution in [-0.2, 0) is 0 Å². The molecule has 6 heteroatoms. The first kappa shape index (κ1) is 20.8. The minimum absolute atomic E-state index is 0.0607. The number of nitrogen functional groups attached to an aromatic ring is 1. The molecule has 1 atom stereocenters. The number of nitrogens with two attached hydrogens (primary N) is 2. The van der Waals surface area contributed by atoms with Gasteiger partial charge in [-0.1, -0.05) is 33.1 Å². The molecule has 24 heavy (non-hydrogen) atoms. The first-order chi connectivity index (χ1) is 11.5. The fraction of sp³-hybridized carbons (Fsp3) is 0.611. The van der Waals surface area contributed by atoms with Gasteiger partial charge in [-0.25, -0.2) is 4.39 Å². The van der Waals surface area contributed by atoms with Crippen molar-refractivity contribution in [2.45, 2.75) is 57.6 Å². The number of rotatable bonds is 2. The lowest BCUT2D eigenvalue weighted by Crippen LogP contribution is -2.16. The van der Waals surface area contributed by atoms with Gasteiger partial charge in [0.1, 0.15) is 11.3 Å². The van der Waals surface area contributed by atoms with Crippen LogP contribution in [0.25, 0.3) is 11.1 Å². The number of nitrogens with zero attached hydrogens (tertiary/aromatic N) is 1. The molecule has 1 aliphatic carbocycles. The number of anilines is 1. The van der Waals surface area contributed by atoms with Gasteiger partial charge in [0.05, 0.1) is 0 Å². The van der Waals surface area contributed by atoms with Crippen LogP contribution in [-0.4, -0.2) is 16.8 Å². The van der Waals surface area contributed by atoms with Crippen LogP contribution in [0.2, 0.25) is 0 Å². The van der Waals surface area contributed by atoms with E-state index in [2.05, 4.69) is 31.5 Å². The van der Waals surface area contributed by atoms with E-state index in [1.165, 1.54) is 56.7 Å². The van der Waals surface area contributed by atoms with E-state index >= 15 is 0 Å². The topological polar surface area (TPSA) is 78.1 Å². The Kier molecular flexibility index (Phi) is 9.79. The molecule has 4 N–H and O–H groups in total. The third-order valence-corrected chi connectivity index (χ3v) is 4.38. The predicted octanol–water partition coefficient (Wildman–Crippen LogP) is 4.79. The molecule has 0 bridgehead atoms. The van der Waals surface area contributed by atoms with Gasteiger partial charge >= 0.3 is 0 Å². The maximum Gasteiger partial charge on any atom is 0.292 e. The van der Waals surface area contributed by atoms with E-state index in [0.29, 0.717) is 16.3 Å². The Labute approximate surface area is 149 Å². The molecule has 1 unspecified atom stereocenters. The molecular formula is C18H30FN3OS. The van der Waals surface area contributed by atoms with Crippen molar-refractivity contribution >= 4 is 29.7 Å². The summed E-state index contributed by atoms with van der Waals surface area (Å²) in [5.74, 6) is 0.523. The van der Waals surface area contributed by atoms with Gasteiger partial charge in [0.25, 0.3) is 6.01 Å². The van der Waals surface area contributed by atoms with Gasteiger partial charge in [-0.05, 0) is 49.1 Å². The van der Waals surface area contributed by atoms with E-state index < -0.39 is 0 Å². The molecule has 4 nitrogen and oxygen atoms in total. The summed E-state index contributed by atoms with van der Waals surface area (Å²) in [6.07, 6.45) is 8.22. The maximum atomic E-state index is 12.5. The molecule has 2 aromatic rings. The summed E-state index contributed by atoms with van der Waals surface area (Å²) in [6, 6.07) is 4.13. The van der Waals surface area contributed by atoms with E-state index in [0.717, 1.165) is 12.5 Å². The molecule has 1 aromatic carbocycles. The molecule has 0 amide bonds. The van der Waals surface area contributed by atoms with Gasteiger partial charge < -0.3 is 15.9 Å². The van der Waals surface area contributed by atoms with Gasteiger partial charge in [0.2, 0.25) is 0 Å². The van der Waals surface area contributed by atoms with E-state index in [-0.39, 0.29) is 11.8 Å². The fourth-order valence-corrected chi connectivity index (χ4v) is 2.34. The molecule has 3 rings (SSSR count). The van der Waals surface area contributed by atoms with Crippen LogP contribution < -0.4 is 11.5 Å². The largest absolute Gasteiger partial charge is 0.424 e. The molecule has 136 valence electrons. The van der Waals surface area contributed by atoms with E-state index in [9.17, 15) is 4.39 Å². The second-order valence-electron chi connectivity index (χ2n) is 6.16. The number of aromatic nitrogens is 1. The van der Waals surface area contributed by atoms with Crippen LogP contribution >= 0.6 is 12.6 Å². The van der Waals surface area contributed by atoms with Crippen LogP contribution in [0.5, 0.6) is 0 Å². The van der Waals surface area contributed by atoms with E-state index in [1.54, 1.807) is 0 Å². The number of hydrogen-bond acceptors (Lipinski definition) is 5. The number of hydrogen-bond donors (Lipinski definition) is 3. The summed E-state index contributed by atoms with van der Waals surface area (Å²) in [5.41, 5.74) is 11.7. The lowest BCUT2D eigenvalue weighted by atomic mass is 9.90. The molecule has 0 spiro atoms. The maximum absolute atomic E-state index is 12.5. The average Bonchev–Trinajstić information content (AvgIpc) is 2.96. The van der Waals surface area contributed by atoms with E-state index in [1.807, 2.05) is 0 Å². The van der Waals surface area contributed by atoms with Crippen molar-refractivity contribution in [1.29, 1.82) is 0 Å². The first-order valence-corrected chi connectivity index (χ1v) is 9.17. The number of halogens is 1. The van der Waals surface area contributed by atoms with Gasteiger partial charge in [-0.2, -0.15) is 17.6 Å². The standard InChI is InChI=1S/C7H5FN2O.C7H15N.C4H10S/c8-4-1-2-6-5(3-4)10-7(9)11-6;8-6-7-4-2-1-3-5-7;1-3-4(2)5/h1-3H,(H2,9,10);7H,1-6,8H2;4-5H,3H2,1-2H3. The molecule has 0 aliphatic heterocycles. The Morgan fingerprint density at radius 2 is 1.96 bits per heavy atom. The van der Waals surface area contributed by atoms with Crippen LogP contribution in [0, 0.1) is 11.7 Å². The number of thiol groups is 1. The minimum Gasteiger partial charge on any atom is -0.424 e. The van der Waals surface area contributed by atoms with Crippen LogP contribution in [0.4, 0.5) is 10.4 Å². The highest BCUT2D eigenvalue weighted by Crippen LogP contribution is 2.21. The number of benzene rings is 1. The smallest absolute Gasteiger partial charge is 0.292 e. The predicted molar refractivity (Wildman–Crippen MR) is 103 cm³/mol. The Hall–Kier alpha value is -1.27. The number of oxazole rings is 1. The average molecular weight is 356 g/mol. The zero-order chi connectivity index (χ0) is 17.9. The molecule has 1 saturated carbocycles.